The lowest BCUT2D eigenvalue weighted by Crippen LogP contribution is -2.13. The van der Waals surface area contributed by atoms with Gasteiger partial charge in [-0.05, 0) is 24.5 Å². The van der Waals surface area contributed by atoms with E-state index in [1.807, 2.05) is 13.8 Å². The van der Waals surface area contributed by atoms with Crippen LogP contribution in [0.1, 0.15) is 19.4 Å². The van der Waals surface area contributed by atoms with Gasteiger partial charge < -0.3 is 10.1 Å². The van der Waals surface area contributed by atoms with E-state index in [0.29, 0.717) is 36.9 Å². The second kappa shape index (κ2) is 7.04. The fourth-order valence-corrected chi connectivity index (χ4v) is 1.54. The highest BCUT2D eigenvalue weighted by atomic mass is 19.1. The average molecular weight is 270 g/mol. The van der Waals surface area contributed by atoms with Crippen LogP contribution in [0.5, 0.6) is 0 Å². The van der Waals surface area contributed by atoms with Gasteiger partial charge in [-0.25, -0.2) is 4.39 Å². The van der Waals surface area contributed by atoms with Gasteiger partial charge in [-0.2, -0.15) is 0 Å². The molecule has 106 valence electrons. The third-order valence-electron chi connectivity index (χ3n) is 2.49. The summed E-state index contributed by atoms with van der Waals surface area (Å²) < 4.78 is 18.7. The predicted octanol–water partition coefficient (Wildman–Crippen LogP) is 3.13. The normalized spacial score (nSPS) is 10.8. The number of aryl methyl sites for hydroxylation is 1. The smallest absolute Gasteiger partial charge is 0.295 e. The average Bonchev–Trinajstić information content (AvgIpc) is 2.32. The van der Waals surface area contributed by atoms with Gasteiger partial charge in [0.1, 0.15) is 11.5 Å². The lowest BCUT2D eigenvalue weighted by atomic mass is 10.2. The summed E-state index contributed by atoms with van der Waals surface area (Å²) in [5.74, 6) is -0.129. The largest absolute Gasteiger partial charge is 0.379 e. The van der Waals surface area contributed by atoms with Crippen LogP contribution in [0.4, 0.5) is 15.8 Å². The third kappa shape index (κ3) is 4.82. The van der Waals surface area contributed by atoms with Crippen molar-refractivity contribution in [2.75, 3.05) is 25.1 Å². The molecular weight excluding hydrogens is 251 g/mol. The quantitative estimate of drug-likeness (QED) is 0.469. The molecule has 0 saturated heterocycles. The molecule has 0 atom stereocenters. The molecule has 0 aliphatic carbocycles. The SMILES string of the molecule is Cc1cc(NCCOCC(C)C)c([N+](=O)[O-])cc1F. The topological polar surface area (TPSA) is 64.4 Å². The van der Waals surface area contributed by atoms with Crippen molar-refractivity contribution >= 4 is 11.4 Å². The van der Waals surface area contributed by atoms with Gasteiger partial charge in [0.2, 0.25) is 0 Å². The lowest BCUT2D eigenvalue weighted by Gasteiger charge is -2.10. The van der Waals surface area contributed by atoms with E-state index >= 15 is 0 Å². The molecule has 1 N–H and O–H groups in total. The number of ether oxygens (including phenoxy) is 1. The van der Waals surface area contributed by atoms with Gasteiger partial charge in [0.25, 0.3) is 5.69 Å². The molecule has 6 heteroatoms. The maximum absolute atomic E-state index is 13.3. The number of nitrogens with zero attached hydrogens (tertiary/aromatic N) is 1. The highest BCUT2D eigenvalue weighted by molar-refractivity contribution is 5.63. The van der Waals surface area contributed by atoms with Crippen LogP contribution >= 0.6 is 0 Å². The van der Waals surface area contributed by atoms with Crippen molar-refractivity contribution < 1.29 is 14.1 Å². The maximum Gasteiger partial charge on any atom is 0.295 e. The molecule has 19 heavy (non-hydrogen) atoms. The lowest BCUT2D eigenvalue weighted by molar-refractivity contribution is -0.384. The van der Waals surface area contributed by atoms with E-state index in [1.165, 1.54) is 6.07 Å². The third-order valence-corrected chi connectivity index (χ3v) is 2.49. The first-order valence-electron chi connectivity index (χ1n) is 6.18. The Bertz CT molecular complexity index is 450. The summed E-state index contributed by atoms with van der Waals surface area (Å²) in [6, 6.07) is 2.38. The Kier molecular flexibility index (Phi) is 5.69. The van der Waals surface area contributed by atoms with Crippen molar-refractivity contribution in [1.82, 2.24) is 0 Å². The molecule has 0 aromatic heterocycles. The molecular formula is C13H19FN2O3. The van der Waals surface area contributed by atoms with Crippen LogP contribution in [0.15, 0.2) is 12.1 Å². The number of halogens is 1. The van der Waals surface area contributed by atoms with Gasteiger partial charge >= 0.3 is 0 Å². The second-order valence-electron chi connectivity index (χ2n) is 4.77. The number of nitrogens with one attached hydrogen (secondary N) is 1. The Hall–Kier alpha value is -1.69. The number of hydrogen-bond acceptors (Lipinski definition) is 4. The Balaban J connectivity index is 2.62. The van der Waals surface area contributed by atoms with E-state index in [4.69, 9.17) is 4.74 Å². The molecule has 0 saturated carbocycles. The van der Waals surface area contributed by atoms with Crippen LogP contribution in [0.25, 0.3) is 0 Å². The zero-order chi connectivity index (χ0) is 14.4. The van der Waals surface area contributed by atoms with Crippen LogP contribution < -0.4 is 5.32 Å². The van der Waals surface area contributed by atoms with Gasteiger partial charge in [-0.3, -0.25) is 10.1 Å². The highest BCUT2D eigenvalue weighted by Gasteiger charge is 2.16. The molecule has 0 spiro atoms. The Labute approximate surface area is 111 Å². The summed E-state index contributed by atoms with van der Waals surface area (Å²) >= 11 is 0. The second-order valence-corrected chi connectivity index (χ2v) is 4.77. The van der Waals surface area contributed by atoms with Gasteiger partial charge in [-0.1, -0.05) is 13.8 Å². The van der Waals surface area contributed by atoms with E-state index in [2.05, 4.69) is 5.32 Å². The highest BCUT2D eigenvalue weighted by Crippen LogP contribution is 2.27. The molecule has 0 aliphatic heterocycles. The van der Waals surface area contributed by atoms with Crippen LogP contribution in [0.3, 0.4) is 0 Å². The summed E-state index contributed by atoms with van der Waals surface area (Å²) in [4.78, 5) is 10.2. The number of benzene rings is 1. The van der Waals surface area contributed by atoms with E-state index in [9.17, 15) is 14.5 Å². The first-order valence-corrected chi connectivity index (χ1v) is 6.18. The summed E-state index contributed by atoms with van der Waals surface area (Å²) in [5, 5.41) is 13.7. The number of nitro groups is 1. The minimum atomic E-state index is -0.597. The monoisotopic (exact) mass is 270 g/mol. The fraction of sp³-hybridized carbons (Fsp3) is 0.538. The van der Waals surface area contributed by atoms with Gasteiger partial charge in [0.15, 0.2) is 0 Å². The van der Waals surface area contributed by atoms with Crippen molar-refractivity contribution in [2.45, 2.75) is 20.8 Å². The van der Waals surface area contributed by atoms with Crippen LogP contribution in [0, 0.1) is 28.8 Å². The Morgan fingerprint density at radius 3 is 2.74 bits per heavy atom. The van der Waals surface area contributed by atoms with Crippen molar-refractivity contribution in [3.8, 4) is 0 Å². The molecule has 0 fully saturated rings. The minimum Gasteiger partial charge on any atom is -0.379 e. The van der Waals surface area contributed by atoms with Gasteiger partial charge in [0.05, 0.1) is 17.6 Å². The molecule has 0 aliphatic rings. The van der Waals surface area contributed by atoms with E-state index in [1.54, 1.807) is 6.92 Å². The molecule has 0 radical (unpaired) electrons. The standard InChI is InChI=1S/C13H19FN2O3/c1-9(2)8-19-5-4-15-12-6-10(3)11(14)7-13(12)16(17)18/h6-7,9,15H,4-5,8H2,1-3H3. The van der Waals surface area contributed by atoms with Crippen molar-refractivity contribution in [3.63, 3.8) is 0 Å². The van der Waals surface area contributed by atoms with Gasteiger partial charge in [0, 0.05) is 13.2 Å². The van der Waals surface area contributed by atoms with E-state index < -0.39 is 10.7 Å². The van der Waals surface area contributed by atoms with E-state index in [0.717, 1.165) is 6.07 Å². The molecule has 5 nitrogen and oxygen atoms in total. The van der Waals surface area contributed by atoms with Crippen molar-refractivity contribution in [2.24, 2.45) is 5.92 Å². The summed E-state index contributed by atoms with van der Waals surface area (Å²) in [6.07, 6.45) is 0. The summed E-state index contributed by atoms with van der Waals surface area (Å²) in [6.45, 7) is 7.19. The first-order chi connectivity index (χ1) is 8.91. The zero-order valence-corrected chi connectivity index (χ0v) is 11.4. The first kappa shape index (κ1) is 15.4. The Morgan fingerprint density at radius 1 is 1.47 bits per heavy atom. The van der Waals surface area contributed by atoms with Gasteiger partial charge in [-0.15, -0.1) is 0 Å². The predicted molar refractivity (Wildman–Crippen MR) is 71.9 cm³/mol. The molecule has 1 aromatic rings. The van der Waals surface area contributed by atoms with Crippen LogP contribution in [-0.2, 0) is 4.74 Å². The number of nitro benzene ring substituents is 1. The van der Waals surface area contributed by atoms with Crippen LogP contribution in [-0.4, -0.2) is 24.7 Å². The molecule has 0 unspecified atom stereocenters. The summed E-state index contributed by atoms with van der Waals surface area (Å²) in [5.41, 5.74) is 0.431. The Morgan fingerprint density at radius 2 is 2.16 bits per heavy atom. The molecule has 1 aromatic carbocycles. The number of hydrogen-bond donors (Lipinski definition) is 1. The molecule has 0 amide bonds. The molecule has 0 bridgehead atoms. The number of anilines is 1. The minimum absolute atomic E-state index is 0.257. The molecule has 1 rings (SSSR count). The van der Waals surface area contributed by atoms with Crippen molar-refractivity contribution in [1.29, 1.82) is 0 Å². The van der Waals surface area contributed by atoms with Crippen LogP contribution in [0.2, 0.25) is 0 Å². The zero-order valence-electron chi connectivity index (χ0n) is 11.4. The fourth-order valence-electron chi connectivity index (χ4n) is 1.54. The molecule has 0 heterocycles. The number of rotatable bonds is 7. The maximum atomic E-state index is 13.3. The van der Waals surface area contributed by atoms with E-state index in [-0.39, 0.29) is 5.69 Å². The van der Waals surface area contributed by atoms with Crippen molar-refractivity contribution in [3.05, 3.63) is 33.6 Å². The summed E-state index contributed by atoms with van der Waals surface area (Å²) in [7, 11) is 0.